The van der Waals surface area contributed by atoms with Crippen molar-refractivity contribution in [2.75, 3.05) is 20.1 Å². The van der Waals surface area contributed by atoms with Crippen molar-refractivity contribution in [2.45, 2.75) is 40.3 Å². The van der Waals surface area contributed by atoms with E-state index in [1.807, 2.05) is 12.3 Å². The van der Waals surface area contributed by atoms with E-state index < -0.39 is 0 Å². The van der Waals surface area contributed by atoms with Crippen molar-refractivity contribution in [2.24, 2.45) is 5.41 Å². The zero-order chi connectivity index (χ0) is 12.9. The molecule has 17 heavy (non-hydrogen) atoms. The van der Waals surface area contributed by atoms with E-state index in [0.29, 0.717) is 6.04 Å². The normalized spacial score (nSPS) is 14.2. The van der Waals surface area contributed by atoms with Gasteiger partial charge >= 0.3 is 0 Å². The lowest BCUT2D eigenvalue weighted by atomic mass is 9.84. The van der Waals surface area contributed by atoms with Crippen molar-refractivity contribution in [1.82, 2.24) is 10.2 Å². The van der Waals surface area contributed by atoms with E-state index >= 15 is 0 Å². The van der Waals surface area contributed by atoms with Crippen molar-refractivity contribution in [3.8, 4) is 0 Å². The fraction of sp³-hybridized carbons (Fsp3) is 0.714. The summed E-state index contributed by atoms with van der Waals surface area (Å²) < 4.78 is 5.09. The van der Waals surface area contributed by atoms with E-state index in [1.165, 1.54) is 5.56 Å². The Morgan fingerprint density at radius 1 is 1.47 bits per heavy atom. The minimum absolute atomic E-state index is 0.258. The van der Waals surface area contributed by atoms with E-state index in [1.54, 1.807) is 6.26 Å². The van der Waals surface area contributed by atoms with Gasteiger partial charge in [-0.15, -0.1) is 0 Å². The van der Waals surface area contributed by atoms with Crippen LogP contribution in [0.15, 0.2) is 23.0 Å². The molecular weight excluding hydrogens is 212 g/mol. The zero-order valence-electron chi connectivity index (χ0n) is 11.8. The van der Waals surface area contributed by atoms with Gasteiger partial charge in [-0.1, -0.05) is 20.8 Å². The Bertz CT molecular complexity index is 306. The quantitative estimate of drug-likeness (QED) is 0.791. The Morgan fingerprint density at radius 3 is 2.71 bits per heavy atom. The van der Waals surface area contributed by atoms with Crippen LogP contribution in [0.1, 0.15) is 33.3 Å². The maximum absolute atomic E-state index is 5.09. The van der Waals surface area contributed by atoms with Gasteiger partial charge in [-0.2, -0.15) is 0 Å². The highest BCUT2D eigenvalue weighted by Crippen LogP contribution is 2.22. The van der Waals surface area contributed by atoms with Crippen LogP contribution in [0.25, 0.3) is 0 Å². The molecule has 0 amide bonds. The highest BCUT2D eigenvalue weighted by Gasteiger charge is 2.26. The Balaban J connectivity index is 2.46. The largest absolute Gasteiger partial charge is 0.472 e. The van der Waals surface area contributed by atoms with E-state index in [2.05, 4.69) is 45.0 Å². The molecule has 0 fully saturated rings. The molecule has 1 aromatic rings. The smallest absolute Gasteiger partial charge is 0.0947 e. The predicted octanol–water partition coefficient (Wildman–Crippen LogP) is 2.74. The van der Waals surface area contributed by atoms with Crippen LogP contribution in [0.2, 0.25) is 0 Å². The highest BCUT2D eigenvalue weighted by molar-refractivity contribution is 5.04. The SMILES string of the molecule is CCNC(C)C(C)(C)CN(C)Cc1ccoc1. The van der Waals surface area contributed by atoms with Crippen molar-refractivity contribution in [1.29, 1.82) is 0 Å². The third-order valence-corrected chi connectivity index (χ3v) is 3.39. The maximum atomic E-state index is 5.09. The molecule has 1 atom stereocenters. The summed E-state index contributed by atoms with van der Waals surface area (Å²) >= 11 is 0. The highest BCUT2D eigenvalue weighted by atomic mass is 16.3. The zero-order valence-corrected chi connectivity index (χ0v) is 11.8. The first-order chi connectivity index (χ1) is 7.95. The summed E-state index contributed by atoms with van der Waals surface area (Å²) in [6.45, 7) is 12.1. The molecular formula is C14H26N2O. The van der Waals surface area contributed by atoms with E-state index in [9.17, 15) is 0 Å². The Labute approximate surface area is 105 Å². The number of nitrogens with one attached hydrogen (secondary N) is 1. The van der Waals surface area contributed by atoms with Gasteiger partial charge in [-0.25, -0.2) is 0 Å². The van der Waals surface area contributed by atoms with Crippen molar-refractivity contribution < 1.29 is 4.42 Å². The van der Waals surface area contributed by atoms with E-state index in [-0.39, 0.29) is 5.41 Å². The average Bonchev–Trinajstić information content (AvgIpc) is 2.69. The minimum Gasteiger partial charge on any atom is -0.472 e. The fourth-order valence-corrected chi connectivity index (χ4v) is 2.17. The molecule has 98 valence electrons. The lowest BCUT2D eigenvalue weighted by Gasteiger charge is -2.36. The number of nitrogens with zero attached hydrogens (tertiary/aromatic N) is 1. The summed E-state index contributed by atoms with van der Waals surface area (Å²) in [7, 11) is 2.16. The lowest BCUT2D eigenvalue weighted by Crippen LogP contribution is -2.45. The minimum atomic E-state index is 0.258. The van der Waals surface area contributed by atoms with Gasteiger partial charge in [0.1, 0.15) is 0 Å². The lowest BCUT2D eigenvalue weighted by molar-refractivity contribution is 0.161. The van der Waals surface area contributed by atoms with Crippen LogP contribution < -0.4 is 5.32 Å². The molecule has 3 heteroatoms. The second-order valence-corrected chi connectivity index (χ2v) is 5.57. The molecule has 0 aliphatic heterocycles. The second kappa shape index (κ2) is 6.22. The van der Waals surface area contributed by atoms with Crippen LogP contribution in [-0.4, -0.2) is 31.1 Å². The van der Waals surface area contributed by atoms with Gasteiger partial charge in [-0.05, 0) is 32.0 Å². The van der Waals surface area contributed by atoms with Crippen molar-refractivity contribution >= 4 is 0 Å². The molecule has 0 saturated carbocycles. The Kier molecular flexibility index (Phi) is 5.22. The molecule has 1 aromatic heterocycles. The van der Waals surface area contributed by atoms with Crippen LogP contribution in [0.3, 0.4) is 0 Å². The van der Waals surface area contributed by atoms with Gasteiger partial charge < -0.3 is 14.6 Å². The average molecular weight is 238 g/mol. The molecule has 0 aliphatic carbocycles. The molecule has 0 aliphatic rings. The van der Waals surface area contributed by atoms with Crippen molar-refractivity contribution in [3.05, 3.63) is 24.2 Å². The van der Waals surface area contributed by atoms with Gasteiger partial charge in [0.15, 0.2) is 0 Å². The molecule has 1 rings (SSSR count). The first-order valence-corrected chi connectivity index (χ1v) is 6.38. The maximum Gasteiger partial charge on any atom is 0.0947 e. The number of rotatable bonds is 7. The number of furan rings is 1. The Hall–Kier alpha value is -0.800. The van der Waals surface area contributed by atoms with Crippen LogP contribution in [0.4, 0.5) is 0 Å². The monoisotopic (exact) mass is 238 g/mol. The molecule has 1 N–H and O–H groups in total. The van der Waals surface area contributed by atoms with Gasteiger partial charge in [0.2, 0.25) is 0 Å². The fourth-order valence-electron chi connectivity index (χ4n) is 2.17. The van der Waals surface area contributed by atoms with E-state index in [4.69, 9.17) is 4.42 Å². The molecule has 0 spiro atoms. The van der Waals surface area contributed by atoms with Gasteiger partial charge in [0, 0.05) is 24.7 Å². The van der Waals surface area contributed by atoms with Crippen LogP contribution in [0, 0.1) is 5.41 Å². The third kappa shape index (κ3) is 4.52. The predicted molar refractivity (Wildman–Crippen MR) is 72.0 cm³/mol. The van der Waals surface area contributed by atoms with E-state index in [0.717, 1.165) is 19.6 Å². The summed E-state index contributed by atoms with van der Waals surface area (Å²) in [5.41, 5.74) is 1.49. The molecule has 0 radical (unpaired) electrons. The summed E-state index contributed by atoms with van der Waals surface area (Å²) in [6.07, 6.45) is 3.55. The molecule has 1 heterocycles. The number of hydrogen-bond donors (Lipinski definition) is 1. The van der Waals surface area contributed by atoms with Crippen molar-refractivity contribution in [3.63, 3.8) is 0 Å². The topological polar surface area (TPSA) is 28.4 Å². The summed E-state index contributed by atoms with van der Waals surface area (Å²) in [4.78, 5) is 2.35. The molecule has 3 nitrogen and oxygen atoms in total. The molecule has 0 bridgehead atoms. The van der Waals surface area contributed by atoms with Gasteiger partial charge in [-0.3, -0.25) is 0 Å². The summed E-state index contributed by atoms with van der Waals surface area (Å²) in [5, 5.41) is 3.50. The molecule has 0 aromatic carbocycles. The third-order valence-electron chi connectivity index (χ3n) is 3.39. The van der Waals surface area contributed by atoms with Crippen LogP contribution in [-0.2, 0) is 6.54 Å². The number of hydrogen-bond acceptors (Lipinski definition) is 3. The summed E-state index contributed by atoms with van der Waals surface area (Å²) in [6, 6.07) is 2.54. The second-order valence-electron chi connectivity index (χ2n) is 5.57. The first kappa shape index (κ1) is 14.3. The molecule has 0 saturated heterocycles. The standard InChI is InChI=1S/C14H26N2O/c1-6-15-12(2)14(3,4)11-16(5)9-13-7-8-17-10-13/h7-8,10,12,15H,6,9,11H2,1-5H3. The first-order valence-electron chi connectivity index (χ1n) is 6.38. The molecule has 1 unspecified atom stereocenters. The van der Waals surface area contributed by atoms with Crippen LogP contribution >= 0.6 is 0 Å². The van der Waals surface area contributed by atoms with Crippen LogP contribution in [0.5, 0.6) is 0 Å². The summed E-state index contributed by atoms with van der Waals surface area (Å²) in [5.74, 6) is 0. The Morgan fingerprint density at radius 2 is 2.18 bits per heavy atom. The van der Waals surface area contributed by atoms with Gasteiger partial charge in [0.25, 0.3) is 0 Å². The van der Waals surface area contributed by atoms with Gasteiger partial charge in [0.05, 0.1) is 12.5 Å².